The highest BCUT2D eigenvalue weighted by Crippen LogP contribution is 2.12. The molecule has 17 heavy (non-hydrogen) atoms. The van der Waals surface area contributed by atoms with Crippen molar-refractivity contribution in [3.05, 3.63) is 0 Å². The molecule has 0 aliphatic carbocycles. The molecule has 6 heteroatoms. The summed E-state index contributed by atoms with van der Waals surface area (Å²) in [5, 5.41) is 2.58. The van der Waals surface area contributed by atoms with E-state index in [1.165, 1.54) is 0 Å². The molecule has 1 fully saturated rings. The molecule has 0 radical (unpaired) electrons. The molecule has 0 bridgehead atoms. The second-order valence-electron chi connectivity index (χ2n) is 4.65. The average molecular weight is 263 g/mol. The van der Waals surface area contributed by atoms with Crippen molar-refractivity contribution in [1.29, 1.82) is 0 Å². The summed E-state index contributed by atoms with van der Waals surface area (Å²) in [6.45, 7) is 8.49. The fourth-order valence-corrected chi connectivity index (χ4v) is 3.73. The summed E-state index contributed by atoms with van der Waals surface area (Å²) in [6.07, 6.45) is 1.13. The van der Waals surface area contributed by atoms with Gasteiger partial charge in [0.1, 0.15) is 0 Å². The third-order valence-electron chi connectivity index (χ3n) is 3.23. The SMILES string of the molecule is CCCN1CCN(S(=O)(=O)C(C)CNC)CC1. The Morgan fingerprint density at radius 1 is 1.24 bits per heavy atom. The predicted molar refractivity (Wildman–Crippen MR) is 70.6 cm³/mol. The van der Waals surface area contributed by atoms with Gasteiger partial charge in [-0.15, -0.1) is 0 Å². The highest BCUT2D eigenvalue weighted by Gasteiger charge is 2.30. The smallest absolute Gasteiger partial charge is 0.218 e. The number of rotatable bonds is 6. The minimum absolute atomic E-state index is 0.342. The van der Waals surface area contributed by atoms with E-state index in [-0.39, 0.29) is 5.25 Å². The molecule has 1 rings (SSSR count). The van der Waals surface area contributed by atoms with E-state index in [2.05, 4.69) is 17.1 Å². The van der Waals surface area contributed by atoms with Crippen LogP contribution in [0.3, 0.4) is 0 Å². The van der Waals surface area contributed by atoms with Gasteiger partial charge < -0.3 is 10.2 Å². The fourth-order valence-electron chi connectivity index (χ4n) is 2.17. The lowest BCUT2D eigenvalue weighted by Crippen LogP contribution is -2.51. The van der Waals surface area contributed by atoms with E-state index in [1.807, 2.05) is 0 Å². The summed E-state index contributed by atoms with van der Waals surface area (Å²) in [7, 11) is -1.34. The van der Waals surface area contributed by atoms with E-state index in [9.17, 15) is 8.42 Å². The number of nitrogens with zero attached hydrogens (tertiary/aromatic N) is 2. The van der Waals surface area contributed by atoms with Gasteiger partial charge >= 0.3 is 0 Å². The molecular formula is C11H25N3O2S. The van der Waals surface area contributed by atoms with E-state index >= 15 is 0 Å². The van der Waals surface area contributed by atoms with Gasteiger partial charge in [0.25, 0.3) is 0 Å². The molecule has 1 heterocycles. The van der Waals surface area contributed by atoms with Gasteiger partial charge in [0.15, 0.2) is 0 Å². The van der Waals surface area contributed by atoms with Crippen LogP contribution in [0, 0.1) is 0 Å². The number of piperazine rings is 1. The standard InChI is InChI=1S/C11H25N3O2S/c1-4-5-13-6-8-14(9-7-13)17(15,16)11(2)10-12-3/h11-12H,4-10H2,1-3H3. The third-order valence-corrected chi connectivity index (χ3v) is 5.50. The van der Waals surface area contributed by atoms with Crippen molar-refractivity contribution in [2.24, 2.45) is 0 Å². The van der Waals surface area contributed by atoms with Gasteiger partial charge in [0, 0.05) is 32.7 Å². The number of sulfonamides is 1. The van der Waals surface area contributed by atoms with Crippen LogP contribution in [0.25, 0.3) is 0 Å². The van der Waals surface area contributed by atoms with Crippen LogP contribution in [0.1, 0.15) is 20.3 Å². The zero-order valence-electron chi connectivity index (χ0n) is 11.1. The second-order valence-corrected chi connectivity index (χ2v) is 7.01. The monoisotopic (exact) mass is 263 g/mol. The number of hydrogen-bond donors (Lipinski definition) is 1. The summed E-state index contributed by atoms with van der Waals surface area (Å²) in [4.78, 5) is 2.33. The summed E-state index contributed by atoms with van der Waals surface area (Å²) in [5.41, 5.74) is 0. The number of hydrogen-bond acceptors (Lipinski definition) is 4. The minimum Gasteiger partial charge on any atom is -0.318 e. The van der Waals surface area contributed by atoms with Gasteiger partial charge in [0.2, 0.25) is 10.0 Å². The molecule has 1 N–H and O–H groups in total. The average Bonchev–Trinajstić information content (AvgIpc) is 2.30. The van der Waals surface area contributed by atoms with Crippen molar-refractivity contribution in [3.63, 3.8) is 0 Å². The van der Waals surface area contributed by atoms with Crippen LogP contribution in [0.4, 0.5) is 0 Å². The molecule has 1 aliphatic heterocycles. The van der Waals surface area contributed by atoms with Crippen molar-refractivity contribution in [3.8, 4) is 0 Å². The largest absolute Gasteiger partial charge is 0.318 e. The van der Waals surface area contributed by atoms with E-state index in [4.69, 9.17) is 0 Å². The Morgan fingerprint density at radius 3 is 2.29 bits per heavy atom. The summed E-state index contributed by atoms with van der Waals surface area (Å²) >= 11 is 0. The van der Waals surface area contributed by atoms with Crippen LogP contribution in [-0.4, -0.2) is 69.2 Å². The van der Waals surface area contributed by atoms with Gasteiger partial charge in [0.05, 0.1) is 5.25 Å². The van der Waals surface area contributed by atoms with Gasteiger partial charge in [-0.25, -0.2) is 8.42 Å². The lowest BCUT2D eigenvalue weighted by Gasteiger charge is -2.35. The maximum atomic E-state index is 12.2. The Labute approximate surface area is 105 Å². The van der Waals surface area contributed by atoms with Crippen molar-refractivity contribution >= 4 is 10.0 Å². The Balaban J connectivity index is 2.52. The lowest BCUT2D eigenvalue weighted by molar-refractivity contribution is 0.188. The molecule has 102 valence electrons. The first-order chi connectivity index (χ1) is 8.02. The fraction of sp³-hybridized carbons (Fsp3) is 1.00. The quantitative estimate of drug-likeness (QED) is 0.730. The zero-order valence-corrected chi connectivity index (χ0v) is 12.0. The van der Waals surface area contributed by atoms with Crippen LogP contribution in [-0.2, 0) is 10.0 Å². The molecule has 0 aromatic carbocycles. The lowest BCUT2D eigenvalue weighted by atomic mass is 10.3. The molecule has 1 atom stereocenters. The van der Waals surface area contributed by atoms with E-state index in [0.29, 0.717) is 19.6 Å². The summed E-state index contributed by atoms with van der Waals surface area (Å²) in [6, 6.07) is 0. The normalized spacial score (nSPS) is 21.6. The molecule has 1 unspecified atom stereocenters. The van der Waals surface area contributed by atoms with Gasteiger partial charge in [-0.1, -0.05) is 6.92 Å². The molecule has 5 nitrogen and oxygen atoms in total. The van der Waals surface area contributed by atoms with Crippen LogP contribution >= 0.6 is 0 Å². The third kappa shape index (κ3) is 3.91. The Morgan fingerprint density at radius 2 is 1.82 bits per heavy atom. The molecule has 0 aromatic heterocycles. The van der Waals surface area contributed by atoms with Gasteiger partial charge in [-0.3, -0.25) is 0 Å². The van der Waals surface area contributed by atoms with Crippen molar-refractivity contribution < 1.29 is 8.42 Å². The van der Waals surface area contributed by atoms with Crippen molar-refractivity contribution in [2.45, 2.75) is 25.5 Å². The van der Waals surface area contributed by atoms with E-state index < -0.39 is 10.0 Å². The van der Waals surface area contributed by atoms with Gasteiger partial charge in [-0.05, 0) is 26.9 Å². The highest BCUT2D eigenvalue weighted by atomic mass is 32.2. The first kappa shape index (κ1) is 14.9. The Hall–Kier alpha value is -0.170. The maximum Gasteiger partial charge on any atom is 0.218 e. The molecule has 0 spiro atoms. The van der Waals surface area contributed by atoms with Crippen LogP contribution in [0.2, 0.25) is 0 Å². The van der Waals surface area contributed by atoms with E-state index in [0.717, 1.165) is 26.1 Å². The molecule has 1 saturated heterocycles. The topological polar surface area (TPSA) is 52.7 Å². The predicted octanol–water partition coefficient (Wildman–Crippen LogP) is -0.0483. The Kier molecular flexibility index (Phi) is 5.85. The van der Waals surface area contributed by atoms with Crippen molar-refractivity contribution in [1.82, 2.24) is 14.5 Å². The summed E-state index contributed by atoms with van der Waals surface area (Å²) < 4.78 is 26.1. The van der Waals surface area contributed by atoms with Crippen LogP contribution < -0.4 is 5.32 Å². The van der Waals surface area contributed by atoms with Gasteiger partial charge in [-0.2, -0.15) is 4.31 Å². The summed E-state index contributed by atoms with van der Waals surface area (Å²) in [5.74, 6) is 0. The molecule has 0 amide bonds. The van der Waals surface area contributed by atoms with Crippen LogP contribution in [0.15, 0.2) is 0 Å². The van der Waals surface area contributed by atoms with E-state index in [1.54, 1.807) is 18.3 Å². The second kappa shape index (κ2) is 6.68. The zero-order chi connectivity index (χ0) is 12.9. The highest BCUT2D eigenvalue weighted by molar-refractivity contribution is 7.89. The van der Waals surface area contributed by atoms with Crippen molar-refractivity contribution in [2.75, 3.05) is 46.3 Å². The maximum absolute atomic E-state index is 12.2. The molecular weight excluding hydrogens is 238 g/mol. The Bertz CT molecular complexity index is 311. The molecule has 1 aliphatic rings. The molecule has 0 aromatic rings. The first-order valence-corrected chi connectivity index (χ1v) is 7.88. The molecule has 0 saturated carbocycles. The minimum atomic E-state index is -3.12. The first-order valence-electron chi connectivity index (χ1n) is 6.38. The van der Waals surface area contributed by atoms with Crippen LogP contribution in [0.5, 0.6) is 0 Å². The number of nitrogens with one attached hydrogen (secondary N) is 1.